The van der Waals surface area contributed by atoms with E-state index in [0.717, 1.165) is 30.9 Å². The van der Waals surface area contributed by atoms with Gasteiger partial charge in [-0.15, -0.1) is 0 Å². The molecule has 2 rings (SSSR count). The van der Waals surface area contributed by atoms with Crippen LogP contribution in [-0.2, 0) is 16.6 Å². The van der Waals surface area contributed by atoms with Gasteiger partial charge in [-0.2, -0.15) is 0 Å². The second-order valence-corrected chi connectivity index (χ2v) is 6.08. The Morgan fingerprint density at radius 3 is 2.89 bits per heavy atom. The number of carbonyl (C=O) groups excluding carboxylic acids is 1. The van der Waals surface area contributed by atoms with E-state index in [1.165, 1.54) is 0 Å². The van der Waals surface area contributed by atoms with Crippen molar-refractivity contribution in [2.24, 2.45) is 0 Å². The molecule has 1 saturated heterocycles. The molecule has 5 nitrogen and oxygen atoms in total. The normalized spacial score (nSPS) is 19.4. The Hall–Kier alpha value is -1.49. The molecule has 0 spiro atoms. The number of nitrogens with zero attached hydrogens (tertiary/aromatic N) is 2. The lowest BCUT2D eigenvalue weighted by molar-refractivity contribution is -0.121. The number of aromatic nitrogens is 2. The first-order valence-corrected chi connectivity index (χ1v) is 6.76. The summed E-state index contributed by atoms with van der Waals surface area (Å²) in [5.41, 5.74) is 1.60. The Kier molecular flexibility index (Phi) is 4.14. The number of nitrogens with one attached hydrogen (secondary N) is 2. The Labute approximate surface area is 114 Å². The molecule has 5 heteroatoms. The van der Waals surface area contributed by atoms with Crippen molar-refractivity contribution in [3.63, 3.8) is 0 Å². The highest BCUT2D eigenvalue weighted by Crippen LogP contribution is 2.18. The number of carbonyl (C=O) groups is 1. The number of hydrogen-bond donors (Lipinski definition) is 2. The van der Waals surface area contributed by atoms with Crippen molar-refractivity contribution >= 4 is 5.91 Å². The maximum atomic E-state index is 11.9. The van der Waals surface area contributed by atoms with Crippen molar-refractivity contribution < 1.29 is 4.79 Å². The van der Waals surface area contributed by atoms with E-state index >= 15 is 0 Å². The van der Waals surface area contributed by atoms with Crippen molar-refractivity contribution in [3.05, 3.63) is 23.8 Å². The molecular formula is C14H22N4O. The average Bonchev–Trinajstić information content (AvgIpc) is 2.80. The molecule has 0 bridgehead atoms. The van der Waals surface area contributed by atoms with Crippen LogP contribution in [0.3, 0.4) is 0 Å². The van der Waals surface area contributed by atoms with E-state index in [4.69, 9.17) is 0 Å². The van der Waals surface area contributed by atoms with Gasteiger partial charge < -0.3 is 10.6 Å². The monoisotopic (exact) mass is 262 g/mol. The Bertz CT molecular complexity index is 447. The molecule has 1 atom stereocenters. The third-order valence-corrected chi connectivity index (χ3v) is 3.22. The number of amides is 1. The quantitative estimate of drug-likeness (QED) is 0.845. The summed E-state index contributed by atoms with van der Waals surface area (Å²) in [6, 6.07) is 0.256. The van der Waals surface area contributed by atoms with Crippen LogP contribution >= 0.6 is 0 Å². The molecule has 0 radical (unpaired) electrons. The molecule has 0 saturated carbocycles. The van der Waals surface area contributed by atoms with Gasteiger partial charge in [0.2, 0.25) is 5.91 Å². The SMILES string of the molecule is CC(C)(C)c1cncc(CC(=O)NC2CCNC2)n1. The molecule has 1 aliphatic heterocycles. The molecule has 0 aromatic carbocycles. The van der Waals surface area contributed by atoms with Crippen molar-refractivity contribution in [2.45, 2.75) is 45.1 Å². The largest absolute Gasteiger partial charge is 0.352 e. The van der Waals surface area contributed by atoms with E-state index in [0.29, 0.717) is 6.42 Å². The van der Waals surface area contributed by atoms with E-state index in [1.807, 2.05) is 0 Å². The summed E-state index contributed by atoms with van der Waals surface area (Å²) in [7, 11) is 0. The molecule has 1 aromatic heterocycles. The van der Waals surface area contributed by atoms with Crippen molar-refractivity contribution in [3.8, 4) is 0 Å². The first kappa shape index (κ1) is 13.9. The van der Waals surface area contributed by atoms with Gasteiger partial charge in [-0.1, -0.05) is 20.8 Å². The topological polar surface area (TPSA) is 66.9 Å². The van der Waals surface area contributed by atoms with Gasteiger partial charge in [0.25, 0.3) is 0 Å². The maximum absolute atomic E-state index is 11.9. The number of hydrogen-bond acceptors (Lipinski definition) is 4. The molecular weight excluding hydrogens is 240 g/mol. The van der Waals surface area contributed by atoms with E-state index in [2.05, 4.69) is 41.4 Å². The minimum absolute atomic E-state index is 0.0223. The zero-order valence-electron chi connectivity index (χ0n) is 11.9. The Balaban J connectivity index is 1.96. The third kappa shape index (κ3) is 3.99. The minimum atomic E-state index is -0.0468. The molecule has 0 aliphatic carbocycles. The van der Waals surface area contributed by atoms with Gasteiger partial charge in [-0.3, -0.25) is 14.8 Å². The Morgan fingerprint density at radius 1 is 1.47 bits per heavy atom. The zero-order valence-corrected chi connectivity index (χ0v) is 11.9. The fourth-order valence-corrected chi connectivity index (χ4v) is 2.07. The molecule has 1 aromatic rings. The lowest BCUT2D eigenvalue weighted by Gasteiger charge is -2.17. The van der Waals surface area contributed by atoms with Crippen LogP contribution in [0.1, 0.15) is 38.6 Å². The van der Waals surface area contributed by atoms with Crippen LogP contribution in [0.15, 0.2) is 12.4 Å². The molecule has 104 valence electrons. The summed E-state index contributed by atoms with van der Waals surface area (Å²) in [5.74, 6) is 0.0223. The van der Waals surface area contributed by atoms with Gasteiger partial charge in [-0.05, 0) is 13.0 Å². The smallest absolute Gasteiger partial charge is 0.226 e. The lowest BCUT2D eigenvalue weighted by atomic mass is 9.92. The predicted octanol–water partition coefficient (Wildman–Crippen LogP) is 0.795. The molecule has 19 heavy (non-hydrogen) atoms. The first-order chi connectivity index (χ1) is 8.95. The van der Waals surface area contributed by atoms with Crippen LogP contribution in [0, 0.1) is 0 Å². The average molecular weight is 262 g/mol. The molecule has 1 aliphatic rings. The highest BCUT2D eigenvalue weighted by Gasteiger charge is 2.19. The summed E-state index contributed by atoms with van der Waals surface area (Å²) in [6.07, 6.45) is 4.73. The van der Waals surface area contributed by atoms with Crippen LogP contribution in [0.4, 0.5) is 0 Å². The van der Waals surface area contributed by atoms with Crippen LogP contribution in [0.5, 0.6) is 0 Å². The number of rotatable bonds is 3. The summed E-state index contributed by atoms with van der Waals surface area (Å²) >= 11 is 0. The lowest BCUT2D eigenvalue weighted by Crippen LogP contribution is -2.37. The predicted molar refractivity (Wildman–Crippen MR) is 73.9 cm³/mol. The van der Waals surface area contributed by atoms with Gasteiger partial charge in [-0.25, -0.2) is 0 Å². The van der Waals surface area contributed by atoms with Crippen LogP contribution in [-0.4, -0.2) is 35.0 Å². The van der Waals surface area contributed by atoms with Gasteiger partial charge >= 0.3 is 0 Å². The van der Waals surface area contributed by atoms with E-state index < -0.39 is 0 Å². The van der Waals surface area contributed by atoms with Crippen molar-refractivity contribution in [2.75, 3.05) is 13.1 Å². The maximum Gasteiger partial charge on any atom is 0.226 e. The summed E-state index contributed by atoms with van der Waals surface area (Å²) in [5, 5.41) is 6.24. The van der Waals surface area contributed by atoms with Gasteiger partial charge in [0.15, 0.2) is 0 Å². The molecule has 1 unspecified atom stereocenters. The molecule has 2 heterocycles. The van der Waals surface area contributed by atoms with Crippen molar-refractivity contribution in [1.82, 2.24) is 20.6 Å². The van der Waals surface area contributed by atoms with Crippen LogP contribution in [0.2, 0.25) is 0 Å². The Morgan fingerprint density at radius 2 is 2.26 bits per heavy atom. The third-order valence-electron chi connectivity index (χ3n) is 3.22. The van der Waals surface area contributed by atoms with Crippen molar-refractivity contribution in [1.29, 1.82) is 0 Å². The molecule has 1 amide bonds. The highest BCUT2D eigenvalue weighted by molar-refractivity contribution is 5.78. The van der Waals surface area contributed by atoms with E-state index in [9.17, 15) is 4.79 Å². The standard InChI is InChI=1S/C14H22N4O/c1-14(2,3)12-9-16-8-11(17-12)6-13(19)18-10-4-5-15-7-10/h8-10,15H,4-7H2,1-3H3,(H,18,19). The van der Waals surface area contributed by atoms with Gasteiger partial charge in [0.05, 0.1) is 17.8 Å². The highest BCUT2D eigenvalue weighted by atomic mass is 16.1. The molecule has 1 fully saturated rings. The minimum Gasteiger partial charge on any atom is -0.352 e. The zero-order chi connectivity index (χ0) is 13.9. The second-order valence-electron chi connectivity index (χ2n) is 6.08. The van der Waals surface area contributed by atoms with Crippen LogP contribution < -0.4 is 10.6 Å². The second kappa shape index (κ2) is 5.65. The van der Waals surface area contributed by atoms with Crippen LogP contribution in [0.25, 0.3) is 0 Å². The van der Waals surface area contributed by atoms with E-state index in [1.54, 1.807) is 12.4 Å². The molecule has 2 N–H and O–H groups in total. The van der Waals surface area contributed by atoms with Gasteiger partial charge in [0.1, 0.15) is 0 Å². The fourth-order valence-electron chi connectivity index (χ4n) is 2.07. The van der Waals surface area contributed by atoms with Gasteiger partial charge in [0, 0.05) is 30.4 Å². The first-order valence-electron chi connectivity index (χ1n) is 6.76. The summed E-state index contributed by atoms with van der Waals surface area (Å²) in [4.78, 5) is 20.6. The fraction of sp³-hybridized carbons (Fsp3) is 0.643. The summed E-state index contributed by atoms with van der Waals surface area (Å²) < 4.78 is 0. The summed E-state index contributed by atoms with van der Waals surface area (Å²) in [6.45, 7) is 8.10. The van der Waals surface area contributed by atoms with E-state index in [-0.39, 0.29) is 17.4 Å².